The van der Waals surface area contributed by atoms with Gasteiger partial charge in [0.2, 0.25) is 0 Å². The van der Waals surface area contributed by atoms with Crippen molar-refractivity contribution in [3.05, 3.63) is 38.3 Å². The van der Waals surface area contributed by atoms with Crippen LogP contribution in [0.5, 0.6) is 0 Å². The first-order valence-corrected chi connectivity index (χ1v) is 6.88. The zero-order valence-electron chi connectivity index (χ0n) is 10.6. The molecule has 0 aliphatic heterocycles. The zero-order valence-corrected chi connectivity index (χ0v) is 12.2. The van der Waals surface area contributed by atoms with E-state index >= 15 is 0 Å². The average molecular weight is 313 g/mol. The highest BCUT2D eigenvalue weighted by atomic mass is 79.9. The van der Waals surface area contributed by atoms with Crippen molar-refractivity contribution in [3.8, 4) is 0 Å². The number of nitro benzene ring substituents is 1. The van der Waals surface area contributed by atoms with E-state index in [1.807, 2.05) is 13.1 Å². The van der Waals surface area contributed by atoms with Gasteiger partial charge in [-0.2, -0.15) is 0 Å². The Morgan fingerprint density at radius 3 is 2.67 bits per heavy atom. The summed E-state index contributed by atoms with van der Waals surface area (Å²) < 4.78 is 0.839. The Morgan fingerprint density at radius 1 is 1.56 bits per heavy atom. The summed E-state index contributed by atoms with van der Waals surface area (Å²) in [4.78, 5) is 10.3. The molecular formula is C13H17BrN2O2. The summed E-state index contributed by atoms with van der Waals surface area (Å²) >= 11 is 3.44. The van der Waals surface area contributed by atoms with E-state index in [4.69, 9.17) is 0 Å². The lowest BCUT2D eigenvalue weighted by atomic mass is 9.90. The maximum atomic E-state index is 10.7. The fourth-order valence-electron chi connectivity index (χ4n) is 2.40. The van der Waals surface area contributed by atoms with Gasteiger partial charge in [-0.25, -0.2) is 0 Å². The second kappa shape index (κ2) is 4.97. The van der Waals surface area contributed by atoms with Crippen LogP contribution in [0.2, 0.25) is 0 Å². The number of nitro groups is 1. The summed E-state index contributed by atoms with van der Waals surface area (Å²) in [6, 6.07) is 5.51. The van der Waals surface area contributed by atoms with Gasteiger partial charge in [-0.15, -0.1) is 0 Å². The number of hydrogen-bond donors (Lipinski definition) is 1. The number of hydrogen-bond acceptors (Lipinski definition) is 3. The molecule has 2 rings (SSSR count). The quantitative estimate of drug-likeness (QED) is 0.670. The Hall–Kier alpha value is -0.940. The third-order valence-corrected chi connectivity index (χ3v) is 4.77. The van der Waals surface area contributed by atoms with Crippen LogP contribution < -0.4 is 5.32 Å². The molecule has 1 aromatic carbocycles. The Morgan fingerprint density at radius 2 is 2.22 bits per heavy atom. The summed E-state index contributed by atoms with van der Waals surface area (Å²) in [7, 11) is 1.98. The molecule has 1 saturated carbocycles. The van der Waals surface area contributed by atoms with Crippen LogP contribution in [0, 0.1) is 15.5 Å². The van der Waals surface area contributed by atoms with Crippen LogP contribution in [-0.4, -0.2) is 18.0 Å². The number of non-ortho nitro benzene ring substituents is 1. The number of benzene rings is 1. The molecule has 1 fully saturated rings. The third kappa shape index (κ3) is 2.57. The van der Waals surface area contributed by atoms with Gasteiger partial charge in [0.25, 0.3) is 5.69 Å². The van der Waals surface area contributed by atoms with Crippen molar-refractivity contribution >= 4 is 21.6 Å². The van der Waals surface area contributed by atoms with Crippen molar-refractivity contribution in [1.29, 1.82) is 0 Å². The van der Waals surface area contributed by atoms with E-state index in [-0.39, 0.29) is 10.6 Å². The Balaban J connectivity index is 2.18. The molecule has 1 aromatic rings. The first kappa shape index (κ1) is 13.5. The standard InChI is InChI=1S/C13H17BrN2O2/c1-9(15-2)13(5-6-13)8-10-3-4-11(16(17)18)7-12(10)14/h3-4,7,9,15H,5-6,8H2,1-2H3. The zero-order chi connectivity index (χ0) is 13.3. The number of halogens is 1. The van der Waals surface area contributed by atoms with E-state index < -0.39 is 0 Å². The van der Waals surface area contributed by atoms with E-state index in [1.54, 1.807) is 12.1 Å². The second-order valence-electron chi connectivity index (χ2n) is 5.08. The lowest BCUT2D eigenvalue weighted by Gasteiger charge is -2.23. The maximum absolute atomic E-state index is 10.7. The molecule has 0 spiro atoms. The van der Waals surface area contributed by atoms with Gasteiger partial charge in [0.15, 0.2) is 0 Å². The molecular weight excluding hydrogens is 296 g/mol. The van der Waals surface area contributed by atoms with Crippen LogP contribution >= 0.6 is 15.9 Å². The largest absolute Gasteiger partial charge is 0.317 e. The minimum Gasteiger partial charge on any atom is -0.317 e. The third-order valence-electron chi connectivity index (χ3n) is 4.03. The van der Waals surface area contributed by atoms with Crippen molar-refractivity contribution in [2.45, 2.75) is 32.2 Å². The van der Waals surface area contributed by atoms with Gasteiger partial charge in [0, 0.05) is 22.6 Å². The monoisotopic (exact) mass is 312 g/mol. The molecule has 1 aliphatic carbocycles. The molecule has 98 valence electrons. The highest BCUT2D eigenvalue weighted by Gasteiger charge is 2.46. The maximum Gasteiger partial charge on any atom is 0.270 e. The number of nitrogens with one attached hydrogen (secondary N) is 1. The summed E-state index contributed by atoms with van der Waals surface area (Å²) in [6.07, 6.45) is 3.41. The molecule has 1 aliphatic rings. The summed E-state index contributed by atoms with van der Waals surface area (Å²) in [5.74, 6) is 0. The lowest BCUT2D eigenvalue weighted by molar-refractivity contribution is -0.384. The van der Waals surface area contributed by atoms with Crippen molar-refractivity contribution in [2.24, 2.45) is 5.41 Å². The summed E-state index contributed by atoms with van der Waals surface area (Å²) in [5.41, 5.74) is 1.62. The first-order valence-electron chi connectivity index (χ1n) is 6.08. The fourth-order valence-corrected chi connectivity index (χ4v) is 2.91. The lowest BCUT2D eigenvalue weighted by Crippen LogP contribution is -2.33. The van der Waals surface area contributed by atoms with E-state index in [9.17, 15) is 10.1 Å². The van der Waals surface area contributed by atoms with Gasteiger partial charge >= 0.3 is 0 Å². The molecule has 18 heavy (non-hydrogen) atoms. The van der Waals surface area contributed by atoms with E-state index in [0.717, 1.165) is 16.5 Å². The first-order chi connectivity index (χ1) is 8.48. The number of nitrogens with zero attached hydrogens (tertiary/aromatic N) is 1. The second-order valence-corrected chi connectivity index (χ2v) is 5.94. The summed E-state index contributed by atoms with van der Waals surface area (Å²) in [6.45, 7) is 2.20. The van der Waals surface area contributed by atoms with Crippen LogP contribution in [0.15, 0.2) is 22.7 Å². The van der Waals surface area contributed by atoms with Crippen LogP contribution in [0.4, 0.5) is 5.69 Å². The Kier molecular flexibility index (Phi) is 3.73. The molecule has 1 unspecified atom stereocenters. The molecule has 0 saturated heterocycles. The minimum absolute atomic E-state index is 0.136. The molecule has 1 atom stereocenters. The van der Waals surface area contributed by atoms with Crippen molar-refractivity contribution in [3.63, 3.8) is 0 Å². The highest BCUT2D eigenvalue weighted by molar-refractivity contribution is 9.10. The predicted octanol–water partition coefficient (Wildman–Crippen LogP) is 3.29. The van der Waals surface area contributed by atoms with Gasteiger partial charge in [0.05, 0.1) is 4.92 Å². The average Bonchev–Trinajstić information content (AvgIpc) is 3.11. The SMILES string of the molecule is CNC(C)C1(Cc2ccc([N+](=O)[O-])cc2Br)CC1. The molecule has 0 heterocycles. The molecule has 0 amide bonds. The van der Waals surface area contributed by atoms with Gasteiger partial charge in [-0.3, -0.25) is 10.1 Å². The molecule has 0 bridgehead atoms. The molecule has 1 N–H and O–H groups in total. The normalized spacial score (nSPS) is 18.4. The fraction of sp³-hybridized carbons (Fsp3) is 0.538. The molecule has 5 heteroatoms. The van der Waals surface area contributed by atoms with Crippen molar-refractivity contribution in [2.75, 3.05) is 7.05 Å². The van der Waals surface area contributed by atoms with Gasteiger partial charge in [0.1, 0.15) is 0 Å². The smallest absolute Gasteiger partial charge is 0.270 e. The van der Waals surface area contributed by atoms with Gasteiger partial charge in [-0.1, -0.05) is 22.0 Å². The topological polar surface area (TPSA) is 55.2 Å². The van der Waals surface area contributed by atoms with E-state index in [0.29, 0.717) is 11.5 Å². The molecule has 0 radical (unpaired) electrons. The Labute approximate surface area is 115 Å². The molecule has 0 aromatic heterocycles. The summed E-state index contributed by atoms with van der Waals surface area (Å²) in [5, 5.41) is 14.0. The minimum atomic E-state index is -0.363. The Bertz CT molecular complexity index is 472. The van der Waals surface area contributed by atoms with Crippen molar-refractivity contribution in [1.82, 2.24) is 5.32 Å². The van der Waals surface area contributed by atoms with Crippen LogP contribution in [-0.2, 0) is 6.42 Å². The van der Waals surface area contributed by atoms with Gasteiger partial charge in [-0.05, 0) is 44.2 Å². The van der Waals surface area contributed by atoms with Crippen LogP contribution in [0.1, 0.15) is 25.3 Å². The van der Waals surface area contributed by atoms with Crippen LogP contribution in [0.3, 0.4) is 0 Å². The van der Waals surface area contributed by atoms with E-state index in [2.05, 4.69) is 28.2 Å². The van der Waals surface area contributed by atoms with E-state index in [1.165, 1.54) is 12.8 Å². The number of rotatable bonds is 5. The highest BCUT2D eigenvalue weighted by Crippen LogP contribution is 2.51. The van der Waals surface area contributed by atoms with Crippen molar-refractivity contribution < 1.29 is 4.92 Å². The van der Waals surface area contributed by atoms with Gasteiger partial charge < -0.3 is 5.32 Å². The van der Waals surface area contributed by atoms with Crippen LogP contribution in [0.25, 0.3) is 0 Å². The predicted molar refractivity (Wildman–Crippen MR) is 74.7 cm³/mol. The molecule has 4 nitrogen and oxygen atoms in total.